The van der Waals surface area contributed by atoms with Gasteiger partial charge in [0, 0.05) is 5.66 Å². The molecule has 0 radical (unpaired) electrons. The first-order valence-electron chi connectivity index (χ1n) is 9.71. The van der Waals surface area contributed by atoms with Gasteiger partial charge in [0.25, 0.3) is 0 Å². The van der Waals surface area contributed by atoms with E-state index in [1.54, 1.807) is 5.57 Å². The fraction of sp³-hybridized carbons (Fsp3) is 0.810. The van der Waals surface area contributed by atoms with Crippen LogP contribution in [-0.4, -0.2) is 5.66 Å². The van der Waals surface area contributed by atoms with Gasteiger partial charge in [0.15, 0.2) is 8.46 Å². The van der Waals surface area contributed by atoms with Crippen molar-refractivity contribution in [2.45, 2.75) is 77.8 Å². The molecule has 4 aliphatic rings. The molecule has 0 aromatic heterocycles. The van der Waals surface area contributed by atoms with Crippen LogP contribution in [0.25, 0.3) is 0 Å². The number of hydrogen-bond donors (Lipinski definition) is 0. The molecule has 0 aromatic rings. The topological polar surface area (TPSA) is 17.1 Å². The van der Waals surface area contributed by atoms with Gasteiger partial charge < -0.3 is 0 Å². The molecule has 3 saturated carbocycles. The smallest absolute Gasteiger partial charge is 0.158 e. The van der Waals surface area contributed by atoms with E-state index in [0.29, 0.717) is 24.9 Å². The van der Waals surface area contributed by atoms with Crippen molar-refractivity contribution in [3.05, 3.63) is 23.3 Å². The maximum Gasteiger partial charge on any atom is 0.158 e. The van der Waals surface area contributed by atoms with E-state index in [1.165, 1.54) is 44.9 Å². The molecule has 0 saturated heterocycles. The van der Waals surface area contributed by atoms with Crippen LogP contribution in [0.2, 0.25) is 0 Å². The minimum Gasteiger partial charge on any atom is -0.275 e. The number of fused-ring (bicyclic) bond motifs is 5. The highest BCUT2D eigenvalue weighted by Crippen LogP contribution is 2.65. The summed E-state index contributed by atoms with van der Waals surface area (Å²) in [4.78, 5) is 0. The second kappa shape index (κ2) is 5.55. The van der Waals surface area contributed by atoms with E-state index in [2.05, 4.69) is 32.9 Å². The van der Waals surface area contributed by atoms with Gasteiger partial charge in [-0.3, -0.25) is 4.57 Å². The van der Waals surface area contributed by atoms with Crippen molar-refractivity contribution < 1.29 is 4.57 Å². The highest BCUT2D eigenvalue weighted by Gasteiger charge is 2.55. The summed E-state index contributed by atoms with van der Waals surface area (Å²) < 4.78 is 11.4. The lowest BCUT2D eigenvalue weighted by molar-refractivity contribution is 0.0526. The van der Waals surface area contributed by atoms with Gasteiger partial charge in [-0.2, -0.15) is 0 Å². The molecule has 4 aliphatic carbocycles. The molecule has 0 N–H and O–H groups in total. The molecule has 0 bridgehead atoms. The van der Waals surface area contributed by atoms with Crippen LogP contribution in [-0.2, 0) is 4.57 Å². The third-order valence-electron chi connectivity index (χ3n) is 8.35. The molecule has 0 spiro atoms. The Morgan fingerprint density at radius 1 is 1.17 bits per heavy atom. The van der Waals surface area contributed by atoms with Gasteiger partial charge in [-0.15, -0.1) is 0 Å². The van der Waals surface area contributed by atoms with Gasteiger partial charge in [0.05, 0.1) is 0 Å². The van der Waals surface area contributed by atoms with Crippen LogP contribution in [0.4, 0.5) is 0 Å². The zero-order valence-corrected chi connectivity index (χ0v) is 15.9. The van der Waals surface area contributed by atoms with Crippen LogP contribution in [0, 0.1) is 28.6 Å². The predicted molar refractivity (Wildman–Crippen MR) is 96.9 cm³/mol. The summed E-state index contributed by atoms with van der Waals surface area (Å²) in [5.74, 6) is 2.48. The highest BCUT2D eigenvalue weighted by molar-refractivity contribution is 7.24. The van der Waals surface area contributed by atoms with E-state index in [4.69, 9.17) is 0 Å². The fourth-order valence-corrected chi connectivity index (χ4v) is 7.50. The largest absolute Gasteiger partial charge is 0.275 e. The van der Waals surface area contributed by atoms with Crippen LogP contribution < -0.4 is 0 Å². The van der Waals surface area contributed by atoms with Crippen molar-refractivity contribution in [1.29, 1.82) is 0 Å². The Balaban J connectivity index is 1.68. The van der Waals surface area contributed by atoms with Gasteiger partial charge in [-0.1, -0.05) is 37.1 Å². The molecule has 3 fully saturated rings. The molecular weight excluding hydrogens is 299 g/mol. The first-order valence-corrected chi connectivity index (χ1v) is 10.6. The maximum atomic E-state index is 11.4. The second-order valence-corrected chi connectivity index (χ2v) is 10.0. The lowest BCUT2D eigenvalue weighted by Crippen LogP contribution is -2.47. The summed E-state index contributed by atoms with van der Waals surface area (Å²) in [5.41, 5.74) is 4.81. The van der Waals surface area contributed by atoms with Crippen LogP contribution >= 0.6 is 8.46 Å². The Labute approximate surface area is 143 Å². The first-order chi connectivity index (χ1) is 11.0. The average Bonchev–Trinajstić information content (AvgIpc) is 2.90. The quantitative estimate of drug-likeness (QED) is 0.393. The highest BCUT2D eigenvalue weighted by atomic mass is 31.1. The Hall–Kier alpha value is -0.420. The number of hydrogen-bond acceptors (Lipinski definition) is 1. The van der Waals surface area contributed by atoms with Crippen LogP contribution in [0.15, 0.2) is 23.3 Å². The molecule has 0 aromatic carbocycles. The SMILES string of the molecule is C/C=C1/CC[C@H]2[C@@H]3CC[C@@H]4CC(P=O)CC[C@]4(C)C3=CC[C@]12C. The van der Waals surface area contributed by atoms with Crippen LogP contribution in [0.3, 0.4) is 0 Å². The van der Waals surface area contributed by atoms with Gasteiger partial charge in [0.2, 0.25) is 0 Å². The number of allylic oxidation sites excluding steroid dienone is 4. The van der Waals surface area contributed by atoms with E-state index in [0.717, 1.165) is 24.2 Å². The molecule has 2 heteroatoms. The van der Waals surface area contributed by atoms with Gasteiger partial charge in [0.1, 0.15) is 0 Å². The zero-order valence-electron chi connectivity index (χ0n) is 15.0. The maximum absolute atomic E-state index is 11.4. The van der Waals surface area contributed by atoms with Crippen molar-refractivity contribution in [1.82, 2.24) is 0 Å². The molecule has 0 aliphatic heterocycles. The Bertz CT molecular complexity index is 576. The Kier molecular flexibility index (Phi) is 3.88. The molecule has 4 rings (SSSR count). The van der Waals surface area contributed by atoms with Crippen molar-refractivity contribution in [3.63, 3.8) is 0 Å². The minimum absolute atomic E-state index is 0.392. The zero-order chi connectivity index (χ0) is 16.2. The van der Waals surface area contributed by atoms with E-state index in [9.17, 15) is 4.57 Å². The first kappa shape index (κ1) is 16.1. The lowest BCUT2D eigenvalue weighted by Gasteiger charge is -2.56. The Morgan fingerprint density at radius 3 is 2.74 bits per heavy atom. The van der Waals surface area contributed by atoms with Gasteiger partial charge in [-0.05, 0) is 86.9 Å². The van der Waals surface area contributed by atoms with Crippen LogP contribution in [0.5, 0.6) is 0 Å². The third-order valence-corrected chi connectivity index (χ3v) is 9.11. The molecular formula is C21H31OP. The van der Waals surface area contributed by atoms with Crippen LogP contribution in [0.1, 0.15) is 72.1 Å². The standard InChI is InChI=1S/C21H31OP/c1-4-14-6-8-18-17-7-5-15-13-16(23-22)9-11-21(15,3)19(17)10-12-20(14,18)2/h4,10,15-18H,5-9,11-13H2,1-3H3/b14-4-/t15-,16?,17+,18+,20-,21+/m1/s1. The summed E-state index contributed by atoms with van der Waals surface area (Å²) >= 11 is 0. The summed E-state index contributed by atoms with van der Waals surface area (Å²) in [5, 5.41) is 0. The summed E-state index contributed by atoms with van der Waals surface area (Å²) in [6.07, 6.45) is 15.4. The van der Waals surface area contributed by atoms with Crippen molar-refractivity contribution in [2.75, 3.05) is 0 Å². The molecule has 6 atom stereocenters. The second-order valence-electron chi connectivity index (χ2n) is 9.07. The summed E-state index contributed by atoms with van der Waals surface area (Å²) in [6, 6.07) is 0. The molecule has 1 unspecified atom stereocenters. The summed E-state index contributed by atoms with van der Waals surface area (Å²) in [7, 11) is 0.392. The Morgan fingerprint density at radius 2 is 2.00 bits per heavy atom. The average molecular weight is 330 g/mol. The predicted octanol–water partition coefficient (Wildman–Crippen LogP) is 6.56. The third kappa shape index (κ3) is 2.18. The van der Waals surface area contributed by atoms with E-state index >= 15 is 0 Å². The monoisotopic (exact) mass is 330 g/mol. The molecule has 0 amide bonds. The normalized spacial score (nSPS) is 51.1. The summed E-state index contributed by atoms with van der Waals surface area (Å²) in [6.45, 7) is 7.32. The van der Waals surface area contributed by atoms with E-state index in [1.807, 2.05) is 5.57 Å². The lowest BCUT2D eigenvalue weighted by atomic mass is 9.49. The van der Waals surface area contributed by atoms with Gasteiger partial charge >= 0.3 is 0 Å². The molecule has 0 heterocycles. The fourth-order valence-electron chi connectivity index (χ4n) is 6.93. The molecule has 1 nitrogen and oxygen atoms in total. The minimum atomic E-state index is 0.392. The molecule has 126 valence electrons. The van der Waals surface area contributed by atoms with Crippen molar-refractivity contribution in [2.24, 2.45) is 28.6 Å². The van der Waals surface area contributed by atoms with Crippen molar-refractivity contribution in [3.8, 4) is 0 Å². The van der Waals surface area contributed by atoms with E-state index < -0.39 is 0 Å². The van der Waals surface area contributed by atoms with E-state index in [-0.39, 0.29) is 0 Å². The van der Waals surface area contributed by atoms with Gasteiger partial charge in [-0.25, -0.2) is 0 Å². The number of rotatable bonds is 1. The van der Waals surface area contributed by atoms with Crippen molar-refractivity contribution >= 4 is 8.46 Å². The molecule has 23 heavy (non-hydrogen) atoms.